The van der Waals surface area contributed by atoms with Crippen LogP contribution in [0.15, 0.2) is 29.6 Å². The van der Waals surface area contributed by atoms with Gasteiger partial charge in [0.15, 0.2) is 0 Å². The molecule has 0 radical (unpaired) electrons. The highest BCUT2D eigenvalue weighted by atomic mass is 32.2. The first-order valence-corrected chi connectivity index (χ1v) is 7.56. The van der Waals surface area contributed by atoms with Crippen LogP contribution in [0.25, 0.3) is 0 Å². The quantitative estimate of drug-likeness (QED) is 0.674. The molecule has 0 amide bonds. The van der Waals surface area contributed by atoms with Gasteiger partial charge in [-0.1, -0.05) is 0 Å². The number of nitrogens with one attached hydrogen (secondary N) is 1. The van der Waals surface area contributed by atoms with Crippen molar-refractivity contribution in [3.05, 3.63) is 35.7 Å². The molecule has 0 unspecified atom stereocenters. The van der Waals surface area contributed by atoms with E-state index >= 15 is 0 Å². The normalized spacial score (nSPS) is 10.4. The van der Waals surface area contributed by atoms with Crippen molar-refractivity contribution in [3.8, 4) is 0 Å². The minimum absolute atomic E-state index is 0.656. The summed E-state index contributed by atoms with van der Waals surface area (Å²) in [5.74, 6) is 1.60. The van der Waals surface area contributed by atoms with Gasteiger partial charge in [0, 0.05) is 33.0 Å². The molecule has 6 heteroatoms. The predicted molar refractivity (Wildman–Crippen MR) is 84.4 cm³/mol. The van der Waals surface area contributed by atoms with Crippen molar-refractivity contribution >= 4 is 23.5 Å². The fraction of sp³-hybridized carbons (Fsp3) is 0.357. The Morgan fingerprint density at radius 3 is 2.80 bits per heavy atom. The average Bonchev–Trinajstić information content (AvgIpc) is 2.46. The zero-order valence-electron chi connectivity index (χ0n) is 12.2. The molecular weight excluding hydrogens is 270 g/mol. The van der Waals surface area contributed by atoms with Crippen molar-refractivity contribution in [2.24, 2.45) is 0 Å². The van der Waals surface area contributed by atoms with Crippen LogP contribution in [0, 0.1) is 6.92 Å². The van der Waals surface area contributed by atoms with Crippen LogP contribution < -0.4 is 10.2 Å². The largest absolute Gasteiger partial charge is 0.363 e. The molecule has 2 heterocycles. The highest BCUT2D eigenvalue weighted by Crippen LogP contribution is 2.18. The molecule has 106 valence electrons. The van der Waals surface area contributed by atoms with E-state index in [0.717, 1.165) is 22.0 Å². The van der Waals surface area contributed by atoms with Crippen molar-refractivity contribution in [1.82, 2.24) is 15.0 Å². The third kappa shape index (κ3) is 3.60. The lowest BCUT2D eigenvalue weighted by molar-refractivity contribution is 0.968. The molecule has 0 aliphatic rings. The highest BCUT2D eigenvalue weighted by molar-refractivity contribution is 7.98. The Morgan fingerprint density at radius 1 is 1.30 bits per heavy atom. The first-order valence-electron chi connectivity index (χ1n) is 6.34. The number of hydrogen-bond donors (Lipinski definition) is 1. The van der Waals surface area contributed by atoms with Crippen LogP contribution in [0.4, 0.5) is 11.8 Å². The fourth-order valence-electron chi connectivity index (χ4n) is 1.71. The number of aromatic nitrogens is 3. The fourth-order valence-corrected chi connectivity index (χ4v) is 2.27. The second-order valence-electron chi connectivity index (χ2n) is 4.66. The second kappa shape index (κ2) is 6.56. The first kappa shape index (κ1) is 14.6. The number of thioether (sulfide) groups is 1. The summed E-state index contributed by atoms with van der Waals surface area (Å²) in [6, 6.07) is 4.04. The van der Waals surface area contributed by atoms with Crippen molar-refractivity contribution in [1.29, 1.82) is 0 Å². The third-order valence-electron chi connectivity index (χ3n) is 2.84. The number of rotatable bonds is 5. The lowest BCUT2D eigenvalue weighted by Gasteiger charge is -2.12. The number of nitrogens with zero attached hydrogens (tertiary/aromatic N) is 4. The van der Waals surface area contributed by atoms with Gasteiger partial charge in [-0.3, -0.25) is 0 Å². The molecule has 0 aromatic carbocycles. The summed E-state index contributed by atoms with van der Waals surface area (Å²) in [7, 11) is 3.96. The lowest BCUT2D eigenvalue weighted by atomic mass is 10.2. The minimum atomic E-state index is 0.656. The Hall–Kier alpha value is -1.82. The summed E-state index contributed by atoms with van der Waals surface area (Å²) in [6.07, 6.45) is 5.68. The van der Waals surface area contributed by atoms with Crippen LogP contribution in [0.2, 0.25) is 0 Å². The van der Waals surface area contributed by atoms with Gasteiger partial charge in [0.2, 0.25) is 5.95 Å². The number of pyridine rings is 1. The van der Waals surface area contributed by atoms with Crippen LogP contribution in [0.3, 0.4) is 0 Å². The maximum absolute atomic E-state index is 4.48. The van der Waals surface area contributed by atoms with E-state index in [-0.39, 0.29) is 0 Å². The van der Waals surface area contributed by atoms with Crippen molar-refractivity contribution < 1.29 is 0 Å². The Balaban J connectivity index is 2.07. The summed E-state index contributed by atoms with van der Waals surface area (Å²) in [4.78, 5) is 15.1. The summed E-state index contributed by atoms with van der Waals surface area (Å²) >= 11 is 1.63. The molecule has 0 saturated heterocycles. The van der Waals surface area contributed by atoms with Crippen LogP contribution in [0.5, 0.6) is 0 Å². The van der Waals surface area contributed by atoms with Crippen LogP contribution in [-0.2, 0) is 6.54 Å². The standard InChI is InChI=1S/C14H19N5S/c1-10-8-16-14(18-13(10)20-4)17-9-11-5-6-15-12(7-11)19(2)3/h5-8H,9H2,1-4H3,(H,16,17,18). The molecule has 2 aromatic heterocycles. The number of hydrogen-bond acceptors (Lipinski definition) is 6. The molecule has 20 heavy (non-hydrogen) atoms. The Bertz CT molecular complexity index is 586. The topological polar surface area (TPSA) is 53.9 Å². The smallest absolute Gasteiger partial charge is 0.223 e. The summed E-state index contributed by atoms with van der Waals surface area (Å²) in [5.41, 5.74) is 2.25. The Kier molecular flexibility index (Phi) is 4.79. The van der Waals surface area contributed by atoms with Gasteiger partial charge in [-0.05, 0) is 36.4 Å². The maximum atomic E-state index is 4.48. The van der Waals surface area contributed by atoms with Gasteiger partial charge in [0.05, 0.1) is 0 Å². The third-order valence-corrected chi connectivity index (χ3v) is 3.64. The molecule has 0 atom stereocenters. The molecule has 1 N–H and O–H groups in total. The monoisotopic (exact) mass is 289 g/mol. The van der Waals surface area contributed by atoms with E-state index in [0.29, 0.717) is 12.5 Å². The zero-order chi connectivity index (χ0) is 14.5. The van der Waals surface area contributed by atoms with Crippen molar-refractivity contribution in [2.75, 3.05) is 30.6 Å². The molecule has 5 nitrogen and oxygen atoms in total. The van der Waals surface area contributed by atoms with E-state index in [1.165, 1.54) is 0 Å². The molecule has 0 saturated carbocycles. The van der Waals surface area contributed by atoms with E-state index in [9.17, 15) is 0 Å². The Morgan fingerprint density at radius 2 is 2.10 bits per heavy atom. The molecule has 0 bridgehead atoms. The molecule has 2 rings (SSSR count). The van der Waals surface area contributed by atoms with Crippen molar-refractivity contribution in [2.45, 2.75) is 18.5 Å². The summed E-state index contributed by atoms with van der Waals surface area (Å²) in [6.45, 7) is 2.70. The SMILES string of the molecule is CSc1nc(NCc2ccnc(N(C)C)c2)ncc1C. The van der Waals surface area contributed by atoms with E-state index in [1.54, 1.807) is 11.8 Å². The lowest BCUT2D eigenvalue weighted by Crippen LogP contribution is -2.11. The number of aryl methyl sites for hydroxylation is 1. The first-order chi connectivity index (χ1) is 9.60. The predicted octanol–water partition coefficient (Wildman–Crippen LogP) is 2.58. The van der Waals surface area contributed by atoms with Gasteiger partial charge >= 0.3 is 0 Å². The van der Waals surface area contributed by atoms with Gasteiger partial charge < -0.3 is 10.2 Å². The van der Waals surface area contributed by atoms with Crippen molar-refractivity contribution in [3.63, 3.8) is 0 Å². The summed E-state index contributed by atoms with van der Waals surface area (Å²) in [5, 5.41) is 4.25. The molecule has 2 aromatic rings. The van der Waals surface area contributed by atoms with Crippen LogP contribution in [-0.4, -0.2) is 35.3 Å². The molecule has 0 fully saturated rings. The van der Waals surface area contributed by atoms with E-state index in [1.807, 2.05) is 50.6 Å². The van der Waals surface area contributed by atoms with Crippen LogP contribution in [0.1, 0.15) is 11.1 Å². The van der Waals surface area contributed by atoms with Gasteiger partial charge in [-0.15, -0.1) is 11.8 Å². The van der Waals surface area contributed by atoms with Crippen LogP contribution >= 0.6 is 11.8 Å². The minimum Gasteiger partial charge on any atom is -0.363 e. The molecule has 0 aliphatic heterocycles. The van der Waals surface area contributed by atoms with E-state index < -0.39 is 0 Å². The molecule has 0 aliphatic carbocycles. The van der Waals surface area contributed by atoms with E-state index in [4.69, 9.17) is 0 Å². The highest BCUT2D eigenvalue weighted by Gasteiger charge is 2.03. The summed E-state index contributed by atoms with van der Waals surface area (Å²) < 4.78 is 0. The average molecular weight is 289 g/mol. The van der Waals surface area contributed by atoms with E-state index in [2.05, 4.69) is 26.3 Å². The maximum Gasteiger partial charge on any atom is 0.223 e. The van der Waals surface area contributed by atoms with Gasteiger partial charge in [-0.25, -0.2) is 15.0 Å². The molecule has 0 spiro atoms. The van der Waals surface area contributed by atoms with Gasteiger partial charge in [0.1, 0.15) is 10.8 Å². The van der Waals surface area contributed by atoms with Gasteiger partial charge in [-0.2, -0.15) is 0 Å². The zero-order valence-corrected chi connectivity index (χ0v) is 13.0. The van der Waals surface area contributed by atoms with Gasteiger partial charge in [0.25, 0.3) is 0 Å². The number of anilines is 2. The molecular formula is C14H19N5S. The second-order valence-corrected chi connectivity index (χ2v) is 5.45. The Labute approximate surface area is 123 Å².